The topological polar surface area (TPSA) is 0 Å². The highest BCUT2D eigenvalue weighted by Crippen LogP contribution is 2.22. The van der Waals surface area contributed by atoms with Crippen molar-refractivity contribution in [1.82, 2.24) is 0 Å². The Bertz CT molecular complexity index is 238. The van der Waals surface area contributed by atoms with Crippen LogP contribution in [0.2, 0.25) is 5.02 Å². The predicted octanol–water partition coefficient (Wildman–Crippen LogP) is 4.45. The Balaban J connectivity index is 2.55. The molecular formula is C12H16Cl. The second-order valence-corrected chi connectivity index (χ2v) is 3.83. The predicted molar refractivity (Wildman–Crippen MR) is 59.1 cm³/mol. The molecule has 1 aromatic rings. The van der Waals surface area contributed by atoms with E-state index < -0.39 is 0 Å². The van der Waals surface area contributed by atoms with Crippen LogP contribution in [-0.4, -0.2) is 0 Å². The first-order chi connectivity index (χ1) is 6.24. The summed E-state index contributed by atoms with van der Waals surface area (Å²) in [5.41, 5.74) is 1.29. The van der Waals surface area contributed by atoms with E-state index in [1.807, 2.05) is 12.1 Å². The summed E-state index contributed by atoms with van der Waals surface area (Å²) in [7, 11) is 0. The van der Waals surface area contributed by atoms with Crippen molar-refractivity contribution in [3.63, 3.8) is 0 Å². The highest BCUT2D eigenvalue weighted by molar-refractivity contribution is 6.30. The molecule has 0 nitrogen and oxygen atoms in total. The molecule has 0 aliphatic rings. The monoisotopic (exact) mass is 195 g/mol. The maximum Gasteiger partial charge on any atom is 0.0406 e. The Morgan fingerprint density at radius 1 is 1.31 bits per heavy atom. The van der Waals surface area contributed by atoms with Crippen LogP contribution in [0.3, 0.4) is 0 Å². The molecule has 1 aromatic carbocycles. The highest BCUT2D eigenvalue weighted by Gasteiger charge is 2.03. The molecule has 0 N–H and O–H groups in total. The number of halogens is 1. The largest absolute Gasteiger partial charge is 0.0843 e. The summed E-state index contributed by atoms with van der Waals surface area (Å²) >= 11 is 5.80. The fourth-order valence-electron chi connectivity index (χ4n) is 1.35. The Labute approximate surface area is 85.9 Å². The van der Waals surface area contributed by atoms with Gasteiger partial charge in [0.25, 0.3) is 0 Å². The van der Waals surface area contributed by atoms with Crippen LogP contribution < -0.4 is 0 Å². The lowest BCUT2D eigenvalue weighted by Gasteiger charge is -2.10. The average molecular weight is 196 g/mol. The van der Waals surface area contributed by atoms with E-state index >= 15 is 0 Å². The molecule has 1 heteroatoms. The van der Waals surface area contributed by atoms with Crippen LogP contribution in [0.5, 0.6) is 0 Å². The third-order valence-corrected chi connectivity index (χ3v) is 2.50. The molecule has 0 fully saturated rings. The number of hydrogen-bond acceptors (Lipinski definition) is 0. The summed E-state index contributed by atoms with van der Waals surface area (Å²) in [4.78, 5) is 0. The van der Waals surface area contributed by atoms with Gasteiger partial charge < -0.3 is 0 Å². The van der Waals surface area contributed by atoms with Gasteiger partial charge in [-0.1, -0.05) is 43.5 Å². The molecule has 0 aliphatic carbocycles. The summed E-state index contributed by atoms with van der Waals surface area (Å²) in [6, 6.07) is 7.99. The van der Waals surface area contributed by atoms with Gasteiger partial charge in [-0.05, 0) is 37.0 Å². The Hall–Kier alpha value is -0.490. The molecule has 0 saturated carbocycles. The fraction of sp³-hybridized carbons (Fsp3) is 0.417. The van der Waals surface area contributed by atoms with Crippen molar-refractivity contribution >= 4 is 11.6 Å². The summed E-state index contributed by atoms with van der Waals surface area (Å²) in [5, 5.41) is 0.798. The van der Waals surface area contributed by atoms with Crippen LogP contribution in [-0.2, 0) is 0 Å². The molecule has 1 unspecified atom stereocenters. The fourth-order valence-corrected chi connectivity index (χ4v) is 1.48. The minimum Gasteiger partial charge on any atom is -0.0843 e. The molecule has 0 heterocycles. The molecule has 0 bridgehead atoms. The average Bonchev–Trinajstić information content (AvgIpc) is 2.15. The second-order valence-electron chi connectivity index (χ2n) is 3.39. The molecule has 0 spiro atoms. The van der Waals surface area contributed by atoms with E-state index in [0.29, 0.717) is 5.92 Å². The van der Waals surface area contributed by atoms with Gasteiger partial charge in [-0.25, -0.2) is 0 Å². The Kier molecular flexibility index (Phi) is 4.31. The van der Waals surface area contributed by atoms with E-state index in [1.165, 1.54) is 18.4 Å². The lowest BCUT2D eigenvalue weighted by molar-refractivity contribution is 0.661. The lowest BCUT2D eigenvalue weighted by Crippen LogP contribution is -1.92. The van der Waals surface area contributed by atoms with E-state index in [4.69, 9.17) is 11.6 Å². The maximum absolute atomic E-state index is 5.80. The van der Waals surface area contributed by atoms with Crippen LogP contribution in [0.15, 0.2) is 24.3 Å². The third-order valence-electron chi connectivity index (χ3n) is 2.25. The van der Waals surface area contributed by atoms with E-state index in [2.05, 4.69) is 26.0 Å². The summed E-state index contributed by atoms with van der Waals surface area (Å²) in [5.74, 6) is 0.414. The van der Waals surface area contributed by atoms with E-state index in [0.717, 1.165) is 11.4 Å². The number of rotatable bonds is 4. The van der Waals surface area contributed by atoms with Crippen molar-refractivity contribution in [1.29, 1.82) is 0 Å². The molecule has 0 aromatic heterocycles. The highest BCUT2D eigenvalue weighted by atomic mass is 35.5. The lowest BCUT2D eigenvalue weighted by atomic mass is 9.96. The zero-order valence-corrected chi connectivity index (χ0v) is 8.85. The standard InChI is InChI=1S/C12H16Cl/c1-3-4-5-10(2)11-6-8-12(13)9-7-11/h6-10H,2-5H2,1H3. The molecule has 0 saturated heterocycles. The molecule has 0 aliphatic heterocycles. The van der Waals surface area contributed by atoms with Gasteiger partial charge in [0.05, 0.1) is 0 Å². The van der Waals surface area contributed by atoms with Crippen molar-refractivity contribution in [3.8, 4) is 0 Å². The number of benzene rings is 1. The van der Waals surface area contributed by atoms with E-state index in [1.54, 1.807) is 0 Å². The molecular weight excluding hydrogens is 180 g/mol. The van der Waals surface area contributed by atoms with Gasteiger partial charge in [-0.2, -0.15) is 0 Å². The quantitative estimate of drug-likeness (QED) is 0.666. The Morgan fingerprint density at radius 2 is 1.92 bits per heavy atom. The van der Waals surface area contributed by atoms with Crippen LogP contribution in [0, 0.1) is 6.92 Å². The molecule has 13 heavy (non-hydrogen) atoms. The summed E-state index contributed by atoms with van der Waals surface area (Å²) in [6.45, 7) is 6.34. The molecule has 71 valence electrons. The minimum absolute atomic E-state index is 0.414. The van der Waals surface area contributed by atoms with E-state index in [-0.39, 0.29) is 0 Å². The third kappa shape index (κ3) is 3.40. The first-order valence-corrected chi connectivity index (χ1v) is 5.20. The van der Waals surface area contributed by atoms with Crippen molar-refractivity contribution in [2.75, 3.05) is 0 Å². The van der Waals surface area contributed by atoms with Crippen molar-refractivity contribution < 1.29 is 0 Å². The van der Waals surface area contributed by atoms with Gasteiger partial charge in [0.1, 0.15) is 0 Å². The number of unbranched alkanes of at least 4 members (excludes halogenated alkanes) is 1. The molecule has 1 rings (SSSR count). The van der Waals surface area contributed by atoms with Gasteiger partial charge in [0, 0.05) is 5.02 Å². The van der Waals surface area contributed by atoms with Gasteiger partial charge in [-0.3, -0.25) is 0 Å². The first-order valence-electron chi connectivity index (χ1n) is 4.82. The van der Waals surface area contributed by atoms with Gasteiger partial charge >= 0.3 is 0 Å². The summed E-state index contributed by atoms with van der Waals surface area (Å²) in [6.07, 6.45) is 3.65. The van der Waals surface area contributed by atoms with Crippen LogP contribution >= 0.6 is 11.6 Å². The van der Waals surface area contributed by atoms with Gasteiger partial charge in [0.2, 0.25) is 0 Å². The zero-order valence-electron chi connectivity index (χ0n) is 8.09. The zero-order chi connectivity index (χ0) is 9.68. The van der Waals surface area contributed by atoms with Gasteiger partial charge in [0.15, 0.2) is 0 Å². The SMILES string of the molecule is [CH2]C(CCCC)c1ccc(Cl)cc1. The molecule has 1 radical (unpaired) electrons. The van der Waals surface area contributed by atoms with Crippen molar-refractivity contribution in [2.45, 2.75) is 32.1 Å². The second kappa shape index (κ2) is 5.29. The van der Waals surface area contributed by atoms with Crippen LogP contribution in [0.4, 0.5) is 0 Å². The number of hydrogen-bond donors (Lipinski definition) is 0. The molecule has 1 atom stereocenters. The first kappa shape index (κ1) is 10.6. The smallest absolute Gasteiger partial charge is 0.0406 e. The van der Waals surface area contributed by atoms with Gasteiger partial charge in [-0.15, -0.1) is 0 Å². The normalized spacial score (nSPS) is 12.8. The van der Waals surface area contributed by atoms with Crippen molar-refractivity contribution in [2.24, 2.45) is 0 Å². The van der Waals surface area contributed by atoms with Crippen LogP contribution in [0.25, 0.3) is 0 Å². The maximum atomic E-state index is 5.80. The summed E-state index contributed by atoms with van der Waals surface area (Å²) < 4.78 is 0. The van der Waals surface area contributed by atoms with Crippen molar-refractivity contribution in [3.05, 3.63) is 41.8 Å². The molecule has 0 amide bonds. The van der Waals surface area contributed by atoms with Crippen LogP contribution in [0.1, 0.15) is 37.7 Å². The van der Waals surface area contributed by atoms with E-state index in [9.17, 15) is 0 Å². The Morgan fingerprint density at radius 3 is 2.46 bits per heavy atom. The minimum atomic E-state index is 0.414.